The third kappa shape index (κ3) is 4.15. The van der Waals surface area contributed by atoms with E-state index in [1.54, 1.807) is 62.8 Å². The minimum absolute atomic E-state index is 0.0912. The van der Waals surface area contributed by atoms with Crippen molar-refractivity contribution in [2.45, 2.75) is 0 Å². The molecule has 37 heavy (non-hydrogen) atoms. The van der Waals surface area contributed by atoms with Crippen molar-refractivity contribution in [1.82, 2.24) is 0 Å². The molecule has 4 aromatic rings. The lowest BCUT2D eigenvalue weighted by Gasteiger charge is -2.06. The van der Waals surface area contributed by atoms with Crippen molar-refractivity contribution >= 4 is 28.9 Å². The number of nitrogens with zero attached hydrogens (tertiary/aromatic N) is 3. The second-order valence-corrected chi connectivity index (χ2v) is 7.96. The highest BCUT2D eigenvalue weighted by Crippen LogP contribution is 2.44. The summed E-state index contributed by atoms with van der Waals surface area (Å²) in [5.41, 5.74) is 2.25. The van der Waals surface area contributed by atoms with E-state index < -0.39 is 10.8 Å². The van der Waals surface area contributed by atoms with Gasteiger partial charge in [-0.15, -0.1) is 0 Å². The van der Waals surface area contributed by atoms with Gasteiger partial charge >= 0.3 is 0 Å². The van der Waals surface area contributed by atoms with Gasteiger partial charge in [0.15, 0.2) is 0 Å². The monoisotopic (exact) mass is 494 g/mol. The van der Waals surface area contributed by atoms with Crippen molar-refractivity contribution in [1.29, 1.82) is 5.26 Å². The molecule has 0 aliphatic carbocycles. The molecule has 3 aromatic carbocycles. The maximum absolute atomic E-state index is 12.7. The van der Waals surface area contributed by atoms with Gasteiger partial charge in [0.2, 0.25) is 5.88 Å². The standard InChI is InChI=1S/C27H18N4O6/c1-35-18-8-3-15(4-9-18)23-21(14-28)27(37-25(23)16-5-10-19(36-2)11-6-16)30-24-20-13-17(31(33)34)7-12-22(20)29-26(24)32/h3-13H,1-2H3,(H,29,30,32). The van der Waals surface area contributed by atoms with Crippen LogP contribution in [0.2, 0.25) is 0 Å². The number of fused-ring (bicyclic) bond motifs is 1. The summed E-state index contributed by atoms with van der Waals surface area (Å²) >= 11 is 0. The number of methoxy groups -OCH3 is 2. The fraction of sp³-hybridized carbons (Fsp3) is 0.0741. The van der Waals surface area contributed by atoms with Crippen LogP contribution in [0.25, 0.3) is 22.5 Å². The molecule has 0 fully saturated rings. The van der Waals surface area contributed by atoms with Gasteiger partial charge < -0.3 is 19.2 Å². The Bertz CT molecular complexity index is 1610. The summed E-state index contributed by atoms with van der Waals surface area (Å²) < 4.78 is 16.6. The number of nitrogens with one attached hydrogen (secondary N) is 1. The predicted octanol–water partition coefficient (Wildman–Crippen LogP) is 5.48. The fourth-order valence-electron chi connectivity index (χ4n) is 4.05. The largest absolute Gasteiger partial charge is 0.497 e. The average molecular weight is 494 g/mol. The van der Waals surface area contributed by atoms with E-state index in [4.69, 9.17) is 13.9 Å². The second-order valence-electron chi connectivity index (χ2n) is 7.96. The lowest BCUT2D eigenvalue weighted by atomic mass is 9.98. The van der Waals surface area contributed by atoms with Crippen LogP contribution in [0, 0.1) is 21.4 Å². The highest BCUT2D eigenvalue weighted by atomic mass is 16.6. The third-order valence-electron chi connectivity index (χ3n) is 5.88. The van der Waals surface area contributed by atoms with Crippen LogP contribution < -0.4 is 14.8 Å². The Kier molecular flexibility index (Phi) is 5.87. The predicted molar refractivity (Wildman–Crippen MR) is 135 cm³/mol. The van der Waals surface area contributed by atoms with Gasteiger partial charge in [-0.05, 0) is 48.0 Å². The van der Waals surface area contributed by atoms with Gasteiger partial charge in [-0.2, -0.15) is 5.26 Å². The molecule has 1 aromatic heterocycles. The number of hydrogen-bond acceptors (Lipinski definition) is 8. The van der Waals surface area contributed by atoms with Crippen LogP contribution in [-0.4, -0.2) is 30.8 Å². The number of non-ortho nitro benzene ring substituents is 1. The molecule has 1 amide bonds. The van der Waals surface area contributed by atoms with Crippen molar-refractivity contribution in [3.05, 3.63) is 88.0 Å². The molecule has 5 rings (SSSR count). The van der Waals surface area contributed by atoms with Gasteiger partial charge in [0.1, 0.15) is 34.6 Å². The molecule has 0 saturated carbocycles. The number of benzene rings is 3. The van der Waals surface area contributed by atoms with E-state index >= 15 is 0 Å². The molecule has 1 aliphatic heterocycles. The molecule has 0 spiro atoms. The normalized spacial score (nSPS) is 13.1. The first-order valence-electron chi connectivity index (χ1n) is 11.0. The molecule has 0 bridgehead atoms. The molecule has 10 heteroatoms. The third-order valence-corrected chi connectivity index (χ3v) is 5.88. The highest BCUT2D eigenvalue weighted by molar-refractivity contribution is 6.54. The van der Waals surface area contributed by atoms with Gasteiger partial charge in [0.25, 0.3) is 11.6 Å². The van der Waals surface area contributed by atoms with Crippen LogP contribution in [0.1, 0.15) is 11.1 Å². The zero-order valence-corrected chi connectivity index (χ0v) is 19.6. The van der Waals surface area contributed by atoms with Crippen LogP contribution in [0.3, 0.4) is 0 Å². The first-order valence-corrected chi connectivity index (χ1v) is 11.0. The number of carbonyl (C=O) groups excluding carboxylic acids is 1. The molecule has 0 atom stereocenters. The highest BCUT2D eigenvalue weighted by Gasteiger charge is 2.30. The summed E-state index contributed by atoms with van der Waals surface area (Å²) in [4.78, 5) is 27.8. The molecule has 182 valence electrons. The number of nitro benzene ring substituents is 1. The smallest absolute Gasteiger partial charge is 0.275 e. The van der Waals surface area contributed by atoms with Gasteiger partial charge in [0, 0.05) is 28.8 Å². The number of nitro groups is 1. The fourth-order valence-corrected chi connectivity index (χ4v) is 4.05. The van der Waals surface area contributed by atoms with E-state index in [-0.39, 0.29) is 28.4 Å². The van der Waals surface area contributed by atoms with Gasteiger partial charge in [-0.3, -0.25) is 14.9 Å². The molecule has 2 heterocycles. The molecular weight excluding hydrogens is 476 g/mol. The molecule has 1 aliphatic rings. The lowest BCUT2D eigenvalue weighted by Crippen LogP contribution is -2.14. The summed E-state index contributed by atoms with van der Waals surface area (Å²) in [5, 5.41) is 24.1. The number of ether oxygens (including phenoxy) is 2. The van der Waals surface area contributed by atoms with Gasteiger partial charge in [-0.1, -0.05) is 12.1 Å². The van der Waals surface area contributed by atoms with E-state index in [0.717, 1.165) is 0 Å². The summed E-state index contributed by atoms with van der Waals surface area (Å²) in [6.45, 7) is 0. The SMILES string of the molecule is COc1ccc(-c2oc(/N=C3\C(=O)Nc4ccc([N+](=O)[O-])cc43)c(C#N)c2-c2ccc(OC)cc2)cc1. The zero-order chi connectivity index (χ0) is 26.1. The molecule has 0 unspecified atom stereocenters. The number of hydrogen-bond donors (Lipinski definition) is 1. The van der Waals surface area contributed by atoms with Gasteiger partial charge in [-0.25, -0.2) is 4.99 Å². The van der Waals surface area contributed by atoms with E-state index in [2.05, 4.69) is 16.4 Å². The van der Waals surface area contributed by atoms with Crippen LogP contribution in [0.15, 0.2) is 76.1 Å². The molecule has 10 nitrogen and oxygen atoms in total. The van der Waals surface area contributed by atoms with Crippen LogP contribution in [-0.2, 0) is 4.79 Å². The minimum Gasteiger partial charge on any atom is -0.497 e. The Labute approximate surface area is 210 Å². The number of nitriles is 1. The van der Waals surface area contributed by atoms with Crippen LogP contribution in [0.4, 0.5) is 17.3 Å². The van der Waals surface area contributed by atoms with Crippen molar-refractivity contribution < 1.29 is 23.6 Å². The first kappa shape index (κ1) is 23.3. The maximum Gasteiger partial charge on any atom is 0.275 e. The summed E-state index contributed by atoms with van der Waals surface area (Å²) in [5.74, 6) is 0.985. The number of anilines is 1. The Hall–Kier alpha value is -5.43. The van der Waals surface area contributed by atoms with E-state index in [1.165, 1.54) is 18.2 Å². The van der Waals surface area contributed by atoms with E-state index in [1.807, 2.05) is 0 Å². The second kappa shape index (κ2) is 9.31. The number of amides is 1. The summed E-state index contributed by atoms with van der Waals surface area (Å²) in [6, 6.07) is 20.3. The number of aliphatic imine (C=N–C) groups is 1. The maximum atomic E-state index is 12.7. The Balaban J connectivity index is 1.72. The van der Waals surface area contributed by atoms with Crippen molar-refractivity contribution in [2.24, 2.45) is 4.99 Å². The summed E-state index contributed by atoms with van der Waals surface area (Å²) in [7, 11) is 3.11. The van der Waals surface area contributed by atoms with Crippen molar-refractivity contribution in [3.8, 4) is 40.0 Å². The summed E-state index contributed by atoms with van der Waals surface area (Å²) in [6.07, 6.45) is 0. The van der Waals surface area contributed by atoms with E-state index in [0.29, 0.717) is 39.6 Å². The number of rotatable bonds is 6. The Morgan fingerprint density at radius 3 is 2.16 bits per heavy atom. The van der Waals surface area contributed by atoms with Crippen molar-refractivity contribution in [3.63, 3.8) is 0 Å². The number of carbonyl (C=O) groups is 1. The van der Waals surface area contributed by atoms with Crippen molar-refractivity contribution in [2.75, 3.05) is 19.5 Å². The zero-order valence-electron chi connectivity index (χ0n) is 19.6. The average Bonchev–Trinajstić information content (AvgIpc) is 3.45. The molecule has 0 radical (unpaired) electrons. The van der Waals surface area contributed by atoms with Crippen LogP contribution >= 0.6 is 0 Å². The molecular formula is C27H18N4O6. The lowest BCUT2D eigenvalue weighted by molar-refractivity contribution is -0.384. The van der Waals surface area contributed by atoms with Crippen LogP contribution in [0.5, 0.6) is 11.5 Å². The topological polar surface area (TPSA) is 140 Å². The Morgan fingerprint density at radius 1 is 0.973 bits per heavy atom. The van der Waals surface area contributed by atoms with Gasteiger partial charge in [0.05, 0.1) is 24.8 Å². The number of furan rings is 1. The minimum atomic E-state index is -0.562. The molecule has 1 N–H and O–H groups in total. The Morgan fingerprint density at radius 2 is 1.59 bits per heavy atom. The molecule has 0 saturated heterocycles. The van der Waals surface area contributed by atoms with E-state index in [9.17, 15) is 20.2 Å². The quantitative estimate of drug-likeness (QED) is 0.276. The first-order chi connectivity index (χ1) is 17.9.